The molecule has 0 saturated heterocycles. The number of hydrogen-bond donors (Lipinski definition) is 1. The number of fused-ring (bicyclic) bond motifs is 1. The van der Waals surface area contributed by atoms with Gasteiger partial charge >= 0.3 is 6.18 Å². The van der Waals surface area contributed by atoms with E-state index in [1.165, 1.54) is 12.4 Å². The van der Waals surface area contributed by atoms with Crippen molar-refractivity contribution in [2.24, 2.45) is 0 Å². The Morgan fingerprint density at radius 2 is 2.00 bits per heavy atom. The van der Waals surface area contributed by atoms with Crippen molar-refractivity contribution in [3.05, 3.63) is 52.7 Å². The molecule has 0 bridgehead atoms. The summed E-state index contributed by atoms with van der Waals surface area (Å²) in [5.74, 6) is -0.510. The zero-order valence-electron chi connectivity index (χ0n) is 11.7. The van der Waals surface area contributed by atoms with Crippen molar-refractivity contribution in [3.63, 3.8) is 0 Å². The Morgan fingerprint density at radius 1 is 1.23 bits per heavy atom. The minimum absolute atomic E-state index is 0.243. The van der Waals surface area contributed by atoms with Crippen LogP contribution in [0.25, 0.3) is 0 Å². The molecule has 0 radical (unpaired) electrons. The van der Waals surface area contributed by atoms with E-state index in [2.05, 4.69) is 15.3 Å². The van der Waals surface area contributed by atoms with Crippen molar-refractivity contribution in [2.75, 3.05) is 12.4 Å². The standard InChI is InChI=1S/C15H13F4N3/c1-20-14-11-5-4-10(13(11)21-7-22-14)9-3-2-8(6-12(9)16)15(17,18)19/h2-3,6-7,10H,4-5H2,1H3,(H,20,21,22). The lowest BCUT2D eigenvalue weighted by Crippen LogP contribution is -2.08. The highest BCUT2D eigenvalue weighted by Gasteiger charge is 2.34. The van der Waals surface area contributed by atoms with E-state index in [1.54, 1.807) is 7.05 Å². The highest BCUT2D eigenvalue weighted by atomic mass is 19.4. The summed E-state index contributed by atoms with van der Waals surface area (Å²) >= 11 is 0. The Labute approximate surface area is 124 Å². The molecule has 116 valence electrons. The number of nitrogens with zero attached hydrogens (tertiary/aromatic N) is 2. The van der Waals surface area contributed by atoms with Crippen LogP contribution in [0.3, 0.4) is 0 Å². The summed E-state index contributed by atoms with van der Waals surface area (Å²) in [5, 5.41) is 2.95. The van der Waals surface area contributed by atoms with E-state index in [-0.39, 0.29) is 11.5 Å². The molecular weight excluding hydrogens is 298 g/mol. The van der Waals surface area contributed by atoms with Crippen LogP contribution in [0, 0.1) is 5.82 Å². The molecule has 3 rings (SSSR count). The van der Waals surface area contributed by atoms with Crippen LogP contribution in [-0.4, -0.2) is 17.0 Å². The molecule has 1 aliphatic rings. The number of alkyl halides is 3. The Morgan fingerprint density at radius 3 is 2.64 bits per heavy atom. The molecule has 1 aromatic carbocycles. The molecule has 1 aromatic heterocycles. The smallest absolute Gasteiger partial charge is 0.373 e. The van der Waals surface area contributed by atoms with Crippen LogP contribution in [0.5, 0.6) is 0 Å². The molecule has 0 amide bonds. The predicted molar refractivity (Wildman–Crippen MR) is 73.1 cm³/mol. The molecule has 0 fully saturated rings. The van der Waals surface area contributed by atoms with Gasteiger partial charge in [-0.25, -0.2) is 14.4 Å². The van der Waals surface area contributed by atoms with E-state index in [9.17, 15) is 17.6 Å². The molecule has 22 heavy (non-hydrogen) atoms. The molecule has 7 heteroatoms. The number of aromatic nitrogens is 2. The molecule has 1 heterocycles. The average Bonchev–Trinajstić information content (AvgIpc) is 2.90. The highest BCUT2D eigenvalue weighted by molar-refractivity contribution is 5.51. The topological polar surface area (TPSA) is 37.8 Å². The van der Waals surface area contributed by atoms with Crippen LogP contribution in [0.1, 0.15) is 34.7 Å². The molecule has 3 nitrogen and oxygen atoms in total. The second kappa shape index (κ2) is 5.23. The third-order valence-corrected chi connectivity index (χ3v) is 3.93. The van der Waals surface area contributed by atoms with Crippen LogP contribution in [-0.2, 0) is 12.6 Å². The fourth-order valence-corrected chi connectivity index (χ4v) is 2.90. The van der Waals surface area contributed by atoms with Crippen LogP contribution in [0.2, 0.25) is 0 Å². The monoisotopic (exact) mass is 311 g/mol. The van der Waals surface area contributed by atoms with Crippen molar-refractivity contribution >= 4 is 5.82 Å². The van der Waals surface area contributed by atoms with Gasteiger partial charge in [0.25, 0.3) is 0 Å². The number of benzene rings is 1. The van der Waals surface area contributed by atoms with Crippen LogP contribution < -0.4 is 5.32 Å². The number of nitrogens with one attached hydrogen (secondary N) is 1. The summed E-state index contributed by atoms with van der Waals surface area (Å²) in [4.78, 5) is 8.30. The molecule has 0 saturated carbocycles. The molecule has 1 unspecified atom stereocenters. The average molecular weight is 311 g/mol. The van der Waals surface area contributed by atoms with Gasteiger partial charge in [0, 0.05) is 18.5 Å². The van der Waals surface area contributed by atoms with Gasteiger partial charge in [0.2, 0.25) is 0 Å². The maximum Gasteiger partial charge on any atom is 0.416 e. The molecule has 0 spiro atoms. The van der Waals surface area contributed by atoms with Gasteiger partial charge in [0.05, 0.1) is 11.3 Å². The summed E-state index contributed by atoms with van der Waals surface area (Å²) in [6, 6.07) is 2.67. The summed E-state index contributed by atoms with van der Waals surface area (Å²) in [6.45, 7) is 0. The van der Waals surface area contributed by atoms with E-state index in [1.807, 2.05) is 0 Å². The van der Waals surface area contributed by atoms with Crippen molar-refractivity contribution in [1.29, 1.82) is 0 Å². The van der Waals surface area contributed by atoms with Crippen molar-refractivity contribution in [2.45, 2.75) is 24.9 Å². The minimum Gasteiger partial charge on any atom is -0.373 e. The lowest BCUT2D eigenvalue weighted by molar-refractivity contribution is -0.137. The Kier molecular flexibility index (Phi) is 3.50. The third kappa shape index (κ3) is 2.40. The maximum atomic E-state index is 14.1. The number of rotatable bonds is 2. The zero-order chi connectivity index (χ0) is 15.9. The first-order chi connectivity index (χ1) is 10.4. The van der Waals surface area contributed by atoms with E-state index in [4.69, 9.17) is 0 Å². The molecule has 1 N–H and O–H groups in total. The van der Waals surface area contributed by atoms with Gasteiger partial charge in [-0.3, -0.25) is 0 Å². The number of halogens is 4. The molecule has 1 atom stereocenters. The van der Waals surface area contributed by atoms with Gasteiger partial charge < -0.3 is 5.32 Å². The summed E-state index contributed by atoms with van der Waals surface area (Å²) in [5.41, 5.74) is 0.838. The van der Waals surface area contributed by atoms with E-state index < -0.39 is 17.6 Å². The SMILES string of the molecule is CNc1ncnc2c1CCC2c1ccc(C(F)(F)F)cc1F. The summed E-state index contributed by atoms with van der Waals surface area (Å²) in [7, 11) is 1.73. The Hall–Kier alpha value is -2.18. The highest BCUT2D eigenvalue weighted by Crippen LogP contribution is 2.41. The largest absolute Gasteiger partial charge is 0.416 e. The van der Waals surface area contributed by atoms with E-state index in [0.717, 1.165) is 11.6 Å². The summed E-state index contributed by atoms with van der Waals surface area (Å²) in [6.07, 6.45) is -1.90. The van der Waals surface area contributed by atoms with Gasteiger partial charge in [-0.05, 0) is 30.5 Å². The van der Waals surface area contributed by atoms with Crippen LogP contribution in [0.4, 0.5) is 23.4 Å². The molecule has 2 aromatic rings. The third-order valence-electron chi connectivity index (χ3n) is 3.93. The van der Waals surface area contributed by atoms with E-state index in [0.29, 0.717) is 30.4 Å². The quantitative estimate of drug-likeness (QED) is 0.858. The first-order valence-electron chi connectivity index (χ1n) is 6.80. The second-order valence-electron chi connectivity index (χ2n) is 5.16. The predicted octanol–water partition coefficient (Wildman–Crippen LogP) is 3.75. The van der Waals surface area contributed by atoms with E-state index >= 15 is 0 Å². The lowest BCUT2D eigenvalue weighted by Gasteiger charge is -2.14. The maximum absolute atomic E-state index is 14.1. The van der Waals surface area contributed by atoms with Gasteiger partial charge in [0.1, 0.15) is 18.0 Å². The fraction of sp³-hybridized carbons (Fsp3) is 0.333. The lowest BCUT2D eigenvalue weighted by atomic mass is 9.95. The molecule has 0 aliphatic heterocycles. The minimum atomic E-state index is -4.55. The first-order valence-corrected chi connectivity index (χ1v) is 6.80. The van der Waals surface area contributed by atoms with Crippen molar-refractivity contribution in [3.8, 4) is 0 Å². The summed E-state index contributed by atoms with van der Waals surface area (Å²) < 4.78 is 52.0. The van der Waals surface area contributed by atoms with Crippen molar-refractivity contribution < 1.29 is 17.6 Å². The molecular formula is C15H13F4N3. The van der Waals surface area contributed by atoms with Gasteiger partial charge in [-0.1, -0.05) is 6.07 Å². The first kappa shape index (κ1) is 14.7. The van der Waals surface area contributed by atoms with Crippen molar-refractivity contribution in [1.82, 2.24) is 9.97 Å². The second-order valence-corrected chi connectivity index (χ2v) is 5.16. The van der Waals surface area contributed by atoms with Gasteiger partial charge in [-0.15, -0.1) is 0 Å². The number of hydrogen-bond acceptors (Lipinski definition) is 3. The zero-order valence-corrected chi connectivity index (χ0v) is 11.7. The van der Waals surface area contributed by atoms with Gasteiger partial charge in [0.15, 0.2) is 0 Å². The Balaban J connectivity index is 2.02. The Bertz CT molecular complexity index is 712. The van der Waals surface area contributed by atoms with Crippen LogP contribution in [0.15, 0.2) is 24.5 Å². The molecule has 1 aliphatic carbocycles. The normalized spacial score (nSPS) is 17.4. The van der Waals surface area contributed by atoms with Crippen LogP contribution >= 0.6 is 0 Å². The number of anilines is 1. The fourth-order valence-electron chi connectivity index (χ4n) is 2.90. The van der Waals surface area contributed by atoms with Gasteiger partial charge in [-0.2, -0.15) is 13.2 Å².